The van der Waals surface area contributed by atoms with Crippen LogP contribution in [0.1, 0.15) is 100 Å². The number of rotatable bonds is 5. The van der Waals surface area contributed by atoms with Gasteiger partial charge in [0.15, 0.2) is 0 Å². The van der Waals surface area contributed by atoms with Crippen LogP contribution in [0.15, 0.2) is 0 Å². The molecule has 1 aliphatic rings. The highest BCUT2D eigenvalue weighted by Crippen LogP contribution is 2.33. The third-order valence-corrected chi connectivity index (χ3v) is 4.77. The van der Waals surface area contributed by atoms with Crippen molar-refractivity contribution in [3.63, 3.8) is 0 Å². The quantitative estimate of drug-likeness (QED) is 0.539. The number of Topliss-reactive ketones (excluding diaryl/α,β-unsaturated/α-hetero) is 1. The van der Waals surface area contributed by atoms with Crippen molar-refractivity contribution in [1.29, 1.82) is 0 Å². The summed E-state index contributed by atoms with van der Waals surface area (Å²) in [5.41, 5.74) is 0. The summed E-state index contributed by atoms with van der Waals surface area (Å²) >= 11 is 0. The van der Waals surface area contributed by atoms with Crippen LogP contribution >= 0.6 is 0 Å². The summed E-state index contributed by atoms with van der Waals surface area (Å²) in [5, 5.41) is 0. The van der Waals surface area contributed by atoms with Crippen LogP contribution in [0.5, 0.6) is 0 Å². The molecule has 0 aliphatic heterocycles. The second kappa shape index (κ2) is 14.6. The maximum absolute atomic E-state index is 11.1. The molecule has 0 spiro atoms. The Morgan fingerprint density at radius 1 is 1.00 bits per heavy atom. The van der Waals surface area contributed by atoms with Crippen molar-refractivity contribution in [1.82, 2.24) is 0 Å². The van der Waals surface area contributed by atoms with Gasteiger partial charge in [-0.3, -0.25) is 4.79 Å². The average molecular weight is 299 g/mol. The van der Waals surface area contributed by atoms with E-state index in [1.165, 1.54) is 32.1 Å². The van der Waals surface area contributed by atoms with E-state index < -0.39 is 0 Å². The van der Waals surface area contributed by atoms with Crippen LogP contribution in [-0.2, 0) is 4.79 Å². The zero-order valence-corrected chi connectivity index (χ0v) is 16.2. The first kappa shape index (κ1) is 22.9. The van der Waals surface area contributed by atoms with E-state index in [4.69, 9.17) is 0 Å². The minimum atomic E-state index is 0.389. The molecule has 1 saturated carbocycles. The van der Waals surface area contributed by atoms with E-state index >= 15 is 0 Å². The smallest absolute Gasteiger partial charge is 0.132 e. The Balaban J connectivity index is 0. The van der Waals surface area contributed by atoms with Gasteiger partial charge < -0.3 is 0 Å². The predicted octanol–water partition coefficient (Wildman–Crippen LogP) is 6.90. The highest BCUT2D eigenvalue weighted by atomic mass is 16.1. The molecule has 0 bridgehead atoms. The normalized spacial score (nSPS) is 22.5. The molecule has 1 rings (SSSR count). The molecule has 1 heteroatoms. The van der Waals surface area contributed by atoms with Crippen LogP contribution in [0.25, 0.3) is 0 Å². The molecule has 0 saturated heterocycles. The third kappa shape index (κ3) is 12.0. The number of ketones is 1. The number of hydrogen-bond donors (Lipinski definition) is 0. The second-order valence-corrected chi connectivity index (χ2v) is 6.77. The number of hydrogen-bond acceptors (Lipinski definition) is 1. The Hall–Kier alpha value is -0.330. The van der Waals surface area contributed by atoms with Crippen molar-refractivity contribution in [2.24, 2.45) is 23.7 Å². The highest BCUT2D eigenvalue weighted by molar-refractivity contribution is 5.78. The van der Waals surface area contributed by atoms with Crippen molar-refractivity contribution in [3.8, 4) is 0 Å². The van der Waals surface area contributed by atoms with E-state index in [0.29, 0.717) is 11.7 Å². The van der Waals surface area contributed by atoms with Gasteiger partial charge in [-0.2, -0.15) is 0 Å². The predicted molar refractivity (Wildman–Crippen MR) is 96.7 cm³/mol. The molecule has 0 aromatic carbocycles. The Kier molecular flexibility index (Phi) is 16.0. The number of carbonyl (C=O) groups is 1. The first-order valence-electron chi connectivity index (χ1n) is 9.42. The van der Waals surface area contributed by atoms with Crippen LogP contribution in [0, 0.1) is 23.7 Å². The van der Waals surface area contributed by atoms with Gasteiger partial charge in [0, 0.05) is 5.92 Å². The largest absolute Gasteiger partial charge is 0.300 e. The van der Waals surface area contributed by atoms with E-state index in [2.05, 4.69) is 34.6 Å². The molecule has 0 aromatic rings. The van der Waals surface area contributed by atoms with Crippen LogP contribution in [-0.4, -0.2) is 5.78 Å². The zero-order valence-electron chi connectivity index (χ0n) is 16.2. The molecular weight excluding hydrogens is 256 g/mol. The summed E-state index contributed by atoms with van der Waals surface area (Å²) in [4.78, 5) is 11.1. The summed E-state index contributed by atoms with van der Waals surface area (Å²) in [5.74, 6) is 3.42. The van der Waals surface area contributed by atoms with Crippen LogP contribution in [0.2, 0.25) is 0 Å². The lowest BCUT2D eigenvalue weighted by Gasteiger charge is -2.29. The number of carbonyl (C=O) groups excluding carboxylic acids is 1. The summed E-state index contributed by atoms with van der Waals surface area (Å²) in [6, 6.07) is 0. The lowest BCUT2D eigenvalue weighted by Crippen LogP contribution is -2.22. The van der Waals surface area contributed by atoms with Crippen molar-refractivity contribution in [2.45, 2.75) is 100 Å². The minimum absolute atomic E-state index is 0.389. The molecule has 1 atom stereocenters. The zero-order chi connectivity index (χ0) is 16.8. The fraction of sp³-hybridized carbons (Fsp3) is 0.950. The fourth-order valence-electron chi connectivity index (χ4n) is 2.89. The van der Waals surface area contributed by atoms with Crippen LogP contribution in [0.3, 0.4) is 0 Å². The molecule has 0 radical (unpaired) electrons. The van der Waals surface area contributed by atoms with Crippen LogP contribution < -0.4 is 0 Å². The molecule has 0 heterocycles. The molecule has 1 unspecified atom stereocenters. The lowest BCUT2D eigenvalue weighted by atomic mass is 9.76. The summed E-state index contributed by atoms with van der Waals surface area (Å²) in [7, 11) is 0. The first-order chi connectivity index (χ1) is 9.92. The summed E-state index contributed by atoms with van der Waals surface area (Å²) in [6.07, 6.45) is 8.89. The Morgan fingerprint density at radius 3 is 1.71 bits per heavy atom. The topological polar surface area (TPSA) is 17.1 Å². The lowest BCUT2D eigenvalue weighted by molar-refractivity contribution is -0.122. The van der Waals surface area contributed by atoms with E-state index in [9.17, 15) is 4.79 Å². The van der Waals surface area contributed by atoms with Gasteiger partial charge in [0.05, 0.1) is 0 Å². The molecular formula is C20H42O. The molecule has 128 valence electrons. The first-order valence-corrected chi connectivity index (χ1v) is 9.42. The fourth-order valence-corrected chi connectivity index (χ4v) is 2.89. The molecule has 1 fully saturated rings. The van der Waals surface area contributed by atoms with Crippen molar-refractivity contribution in [2.75, 3.05) is 0 Å². The van der Waals surface area contributed by atoms with Gasteiger partial charge in [0.2, 0.25) is 0 Å². The highest BCUT2D eigenvalue weighted by Gasteiger charge is 2.25. The molecule has 0 amide bonds. The minimum Gasteiger partial charge on any atom is -0.300 e. The molecule has 1 aliphatic carbocycles. The van der Waals surface area contributed by atoms with Gasteiger partial charge in [-0.25, -0.2) is 0 Å². The van der Waals surface area contributed by atoms with E-state index in [0.717, 1.165) is 30.6 Å². The molecule has 21 heavy (non-hydrogen) atoms. The van der Waals surface area contributed by atoms with E-state index in [1.54, 1.807) is 6.92 Å². The second-order valence-electron chi connectivity index (χ2n) is 6.77. The van der Waals surface area contributed by atoms with E-state index in [-0.39, 0.29) is 0 Å². The monoisotopic (exact) mass is 298 g/mol. The molecule has 0 aromatic heterocycles. The van der Waals surface area contributed by atoms with Gasteiger partial charge in [-0.1, -0.05) is 67.7 Å². The van der Waals surface area contributed by atoms with Gasteiger partial charge in [-0.05, 0) is 50.4 Å². The van der Waals surface area contributed by atoms with Crippen LogP contribution in [0.4, 0.5) is 0 Å². The average Bonchev–Trinajstić information content (AvgIpc) is 2.50. The van der Waals surface area contributed by atoms with Crippen molar-refractivity contribution >= 4 is 5.78 Å². The summed E-state index contributed by atoms with van der Waals surface area (Å²) < 4.78 is 0. The Bertz CT molecular complexity index is 224. The van der Waals surface area contributed by atoms with Crippen molar-refractivity contribution in [3.05, 3.63) is 0 Å². The maximum atomic E-state index is 11.1. The SMILES string of the molecule is CC.CC(=O)C1CCC(C(C)C)CC1.CCCC(C)CC. The van der Waals surface area contributed by atoms with Crippen molar-refractivity contribution < 1.29 is 4.79 Å². The standard InChI is InChI=1S/C11H20O.C7H16.C2H6/c1-8(2)10-4-6-11(7-5-10)9(3)12;1-4-6-7(3)5-2;1-2/h8,10-11H,4-7H2,1-3H3;7H,4-6H2,1-3H3;1-2H3. The third-order valence-electron chi connectivity index (χ3n) is 4.77. The maximum Gasteiger partial charge on any atom is 0.132 e. The van der Waals surface area contributed by atoms with Gasteiger partial charge in [0.25, 0.3) is 0 Å². The molecule has 1 nitrogen and oxygen atoms in total. The molecule has 0 N–H and O–H groups in total. The summed E-state index contributed by atoms with van der Waals surface area (Å²) in [6.45, 7) is 17.1. The Labute approximate surface area is 135 Å². The van der Waals surface area contributed by atoms with E-state index in [1.807, 2.05) is 13.8 Å². The van der Waals surface area contributed by atoms with Gasteiger partial charge >= 0.3 is 0 Å². The Morgan fingerprint density at radius 2 is 1.48 bits per heavy atom. The van der Waals surface area contributed by atoms with Gasteiger partial charge in [0.1, 0.15) is 5.78 Å². The van der Waals surface area contributed by atoms with Gasteiger partial charge in [-0.15, -0.1) is 0 Å².